The van der Waals surface area contributed by atoms with Gasteiger partial charge in [0.05, 0.1) is 12.1 Å². The van der Waals surface area contributed by atoms with Crippen LogP contribution in [0.15, 0.2) is 48.7 Å². The van der Waals surface area contributed by atoms with Crippen molar-refractivity contribution in [2.75, 3.05) is 24.5 Å². The van der Waals surface area contributed by atoms with Crippen molar-refractivity contribution in [2.45, 2.75) is 12.7 Å². The first-order chi connectivity index (χ1) is 11.4. The zero-order chi connectivity index (χ0) is 17.2. The number of hydrogen-bond donors (Lipinski definition) is 0. The number of nitrogens with zero attached hydrogens (tertiary/aromatic N) is 3. The van der Waals surface area contributed by atoms with E-state index in [1.54, 1.807) is 9.80 Å². The topological polar surface area (TPSA) is 36.4 Å². The number of halogens is 3. The molecule has 1 aliphatic rings. The highest BCUT2D eigenvalue weighted by molar-refractivity contribution is 5.82. The lowest BCUT2D eigenvalue weighted by Crippen LogP contribution is -2.50. The number of anilines is 1. The number of aromatic nitrogens is 1. The van der Waals surface area contributed by atoms with E-state index in [2.05, 4.69) is 4.98 Å². The molecule has 1 saturated heterocycles. The lowest BCUT2D eigenvalue weighted by atomic mass is 10.2. The number of carbonyl (C=O) groups is 1. The zero-order valence-electron chi connectivity index (χ0n) is 12.8. The van der Waals surface area contributed by atoms with Gasteiger partial charge in [-0.3, -0.25) is 4.79 Å². The second-order valence-electron chi connectivity index (χ2n) is 5.63. The van der Waals surface area contributed by atoms with Crippen LogP contribution in [0.3, 0.4) is 0 Å². The summed E-state index contributed by atoms with van der Waals surface area (Å²) in [5.74, 6) is 0.322. The van der Waals surface area contributed by atoms with E-state index >= 15 is 0 Å². The number of rotatable bonds is 3. The van der Waals surface area contributed by atoms with E-state index in [9.17, 15) is 18.0 Å². The molecule has 1 aromatic heterocycles. The molecule has 1 aliphatic heterocycles. The predicted octanol–water partition coefficient (Wildman–Crippen LogP) is 2.95. The Morgan fingerprint density at radius 1 is 1.04 bits per heavy atom. The van der Waals surface area contributed by atoms with Crippen LogP contribution < -0.4 is 4.90 Å². The molecule has 1 fully saturated rings. The molecule has 126 valence electrons. The third kappa shape index (κ3) is 3.67. The van der Waals surface area contributed by atoms with Crippen molar-refractivity contribution in [1.29, 1.82) is 0 Å². The van der Waals surface area contributed by atoms with Crippen molar-refractivity contribution in [3.63, 3.8) is 0 Å². The van der Waals surface area contributed by atoms with E-state index in [0.29, 0.717) is 25.5 Å². The molecule has 0 spiro atoms. The van der Waals surface area contributed by atoms with Crippen LogP contribution in [-0.2, 0) is 17.5 Å². The number of pyridine rings is 1. The van der Waals surface area contributed by atoms with Gasteiger partial charge < -0.3 is 9.80 Å². The van der Waals surface area contributed by atoms with Crippen molar-refractivity contribution in [1.82, 2.24) is 9.88 Å². The zero-order valence-corrected chi connectivity index (χ0v) is 12.8. The average molecular weight is 335 g/mol. The van der Waals surface area contributed by atoms with Gasteiger partial charge in [-0.15, -0.1) is 0 Å². The molecule has 7 heteroatoms. The minimum absolute atomic E-state index is 0.0631. The number of alkyl halides is 3. The molecule has 0 N–H and O–H groups in total. The Balaban J connectivity index is 1.64. The maximum absolute atomic E-state index is 12.6. The molecule has 2 heterocycles. The van der Waals surface area contributed by atoms with E-state index < -0.39 is 11.7 Å². The lowest BCUT2D eigenvalue weighted by molar-refractivity contribution is -0.138. The summed E-state index contributed by atoms with van der Waals surface area (Å²) in [7, 11) is 0. The summed E-state index contributed by atoms with van der Waals surface area (Å²) < 4.78 is 37.7. The largest absolute Gasteiger partial charge is 0.417 e. The summed E-state index contributed by atoms with van der Waals surface area (Å²) in [6, 6.07) is 12.0. The molecule has 1 aromatic carbocycles. The number of piperazine rings is 1. The van der Waals surface area contributed by atoms with Crippen molar-refractivity contribution < 1.29 is 18.0 Å². The minimum atomic E-state index is -4.41. The Morgan fingerprint density at radius 3 is 2.38 bits per heavy atom. The Hall–Kier alpha value is -2.57. The second kappa shape index (κ2) is 6.51. The van der Waals surface area contributed by atoms with Gasteiger partial charge in [-0.1, -0.05) is 30.3 Å². The molecule has 1 amide bonds. The molecular formula is C17H16F3N3O. The van der Waals surface area contributed by atoms with E-state index in [1.165, 1.54) is 6.07 Å². The molecule has 0 aliphatic carbocycles. The molecule has 0 radical (unpaired) electrons. The van der Waals surface area contributed by atoms with Crippen LogP contribution in [0.1, 0.15) is 11.1 Å². The monoisotopic (exact) mass is 335 g/mol. The standard InChI is InChI=1S/C17H16F3N3O/c18-17(19,20)14-6-7-15(21-10-14)22-8-9-23(16(24)12-22)11-13-4-2-1-3-5-13/h1-7,10H,8-9,11-12H2. The van der Waals surface area contributed by atoms with Gasteiger partial charge in [0.2, 0.25) is 5.91 Å². The number of carbonyl (C=O) groups excluding carboxylic acids is 1. The van der Waals surface area contributed by atoms with Gasteiger partial charge >= 0.3 is 6.18 Å². The lowest BCUT2D eigenvalue weighted by Gasteiger charge is -2.35. The van der Waals surface area contributed by atoms with Crippen molar-refractivity contribution in [3.8, 4) is 0 Å². The first kappa shape index (κ1) is 16.3. The van der Waals surface area contributed by atoms with Gasteiger partial charge in [0, 0.05) is 25.8 Å². The van der Waals surface area contributed by atoms with Crippen LogP contribution >= 0.6 is 0 Å². The summed E-state index contributed by atoms with van der Waals surface area (Å²) in [6.07, 6.45) is -3.61. The highest BCUT2D eigenvalue weighted by Gasteiger charge is 2.31. The number of benzene rings is 1. The van der Waals surface area contributed by atoms with E-state index in [-0.39, 0.29) is 12.5 Å². The summed E-state index contributed by atoms with van der Waals surface area (Å²) in [4.78, 5) is 19.6. The van der Waals surface area contributed by atoms with Gasteiger partial charge in [-0.25, -0.2) is 4.98 Å². The van der Waals surface area contributed by atoms with Crippen LogP contribution in [0, 0.1) is 0 Å². The van der Waals surface area contributed by atoms with Crippen molar-refractivity contribution in [2.24, 2.45) is 0 Å². The minimum Gasteiger partial charge on any atom is -0.346 e. The molecule has 24 heavy (non-hydrogen) atoms. The third-order valence-corrected chi connectivity index (χ3v) is 3.93. The fourth-order valence-electron chi connectivity index (χ4n) is 2.62. The Bertz CT molecular complexity index is 701. The molecule has 0 unspecified atom stereocenters. The maximum Gasteiger partial charge on any atom is 0.417 e. The maximum atomic E-state index is 12.6. The van der Waals surface area contributed by atoms with Crippen LogP contribution in [-0.4, -0.2) is 35.4 Å². The van der Waals surface area contributed by atoms with Gasteiger partial charge in [-0.05, 0) is 17.7 Å². The normalized spacial score (nSPS) is 15.7. The summed E-state index contributed by atoms with van der Waals surface area (Å²) in [5.41, 5.74) is 0.257. The quantitative estimate of drug-likeness (QED) is 0.865. The first-order valence-electron chi connectivity index (χ1n) is 7.53. The number of amides is 1. The molecule has 2 aromatic rings. The van der Waals surface area contributed by atoms with Crippen LogP contribution in [0.25, 0.3) is 0 Å². The molecule has 0 atom stereocenters. The van der Waals surface area contributed by atoms with Gasteiger partial charge in [0.25, 0.3) is 0 Å². The number of hydrogen-bond acceptors (Lipinski definition) is 3. The summed E-state index contributed by atoms with van der Waals surface area (Å²) >= 11 is 0. The third-order valence-electron chi connectivity index (χ3n) is 3.93. The molecule has 0 bridgehead atoms. The van der Waals surface area contributed by atoms with E-state index in [4.69, 9.17) is 0 Å². The smallest absolute Gasteiger partial charge is 0.346 e. The molecule has 0 saturated carbocycles. The highest BCUT2D eigenvalue weighted by atomic mass is 19.4. The predicted molar refractivity (Wildman–Crippen MR) is 83.3 cm³/mol. The molecular weight excluding hydrogens is 319 g/mol. The fraction of sp³-hybridized carbons (Fsp3) is 0.294. The van der Waals surface area contributed by atoms with Crippen molar-refractivity contribution in [3.05, 3.63) is 59.8 Å². The Kier molecular flexibility index (Phi) is 4.42. The van der Waals surface area contributed by atoms with Crippen molar-refractivity contribution >= 4 is 11.7 Å². The summed E-state index contributed by atoms with van der Waals surface area (Å²) in [5, 5.41) is 0. The van der Waals surface area contributed by atoms with E-state index in [1.807, 2.05) is 30.3 Å². The summed E-state index contributed by atoms with van der Waals surface area (Å²) in [6.45, 7) is 1.70. The van der Waals surface area contributed by atoms with Gasteiger partial charge in [0.1, 0.15) is 5.82 Å². The average Bonchev–Trinajstić information content (AvgIpc) is 2.57. The van der Waals surface area contributed by atoms with Gasteiger partial charge in [-0.2, -0.15) is 13.2 Å². The SMILES string of the molecule is O=C1CN(c2ccc(C(F)(F)F)cn2)CCN1Cc1ccccc1. The highest BCUT2D eigenvalue weighted by Crippen LogP contribution is 2.29. The van der Waals surface area contributed by atoms with Crippen LogP contribution in [0.5, 0.6) is 0 Å². The molecule has 3 rings (SSSR count). The second-order valence-corrected chi connectivity index (χ2v) is 5.63. The fourth-order valence-corrected chi connectivity index (χ4v) is 2.62. The molecule has 4 nitrogen and oxygen atoms in total. The first-order valence-corrected chi connectivity index (χ1v) is 7.53. The van der Waals surface area contributed by atoms with Crippen LogP contribution in [0.4, 0.5) is 19.0 Å². The van der Waals surface area contributed by atoms with Crippen LogP contribution in [0.2, 0.25) is 0 Å². The Labute approximate surface area is 137 Å². The Morgan fingerprint density at radius 2 is 1.79 bits per heavy atom. The van der Waals surface area contributed by atoms with E-state index in [0.717, 1.165) is 17.8 Å². The van der Waals surface area contributed by atoms with Gasteiger partial charge in [0.15, 0.2) is 0 Å².